The van der Waals surface area contributed by atoms with Gasteiger partial charge in [0.25, 0.3) is 0 Å². The molecule has 1 aromatic rings. The van der Waals surface area contributed by atoms with Gasteiger partial charge in [0, 0.05) is 18.7 Å². The van der Waals surface area contributed by atoms with Gasteiger partial charge in [0.2, 0.25) is 11.8 Å². The van der Waals surface area contributed by atoms with Crippen molar-refractivity contribution < 1.29 is 32.7 Å². The second-order valence-electron chi connectivity index (χ2n) is 5.16. The predicted molar refractivity (Wildman–Crippen MR) is 72.8 cm³/mol. The van der Waals surface area contributed by atoms with Crippen LogP contribution in [0.3, 0.4) is 0 Å². The third-order valence-electron chi connectivity index (χ3n) is 3.35. The minimum Gasteiger partial charge on any atom is -0.478 e. The molecular formula is C14H13F3N2O4. The average molecular weight is 330 g/mol. The summed E-state index contributed by atoms with van der Waals surface area (Å²) in [5.41, 5.74) is 0.345. The normalized spacial score (nSPS) is 18.1. The first kappa shape index (κ1) is 16.8. The second-order valence-corrected chi connectivity index (χ2v) is 5.16. The van der Waals surface area contributed by atoms with Gasteiger partial charge in [-0.05, 0) is 24.3 Å². The SMILES string of the molecule is O=C(O)c1ccc(NC(=O)C2CC(=O)N(CC(F)(F)F)C2)cc1. The molecule has 0 spiro atoms. The Labute approximate surface area is 128 Å². The topological polar surface area (TPSA) is 86.7 Å². The Balaban J connectivity index is 1.96. The van der Waals surface area contributed by atoms with E-state index >= 15 is 0 Å². The maximum absolute atomic E-state index is 12.3. The van der Waals surface area contributed by atoms with Crippen LogP contribution >= 0.6 is 0 Å². The molecule has 6 nitrogen and oxygen atoms in total. The number of nitrogens with one attached hydrogen (secondary N) is 1. The molecule has 2 amide bonds. The largest absolute Gasteiger partial charge is 0.478 e. The lowest BCUT2D eigenvalue weighted by Gasteiger charge is -2.18. The van der Waals surface area contributed by atoms with E-state index in [1.807, 2.05) is 0 Å². The van der Waals surface area contributed by atoms with Crippen LogP contribution in [-0.2, 0) is 9.59 Å². The Morgan fingerprint density at radius 3 is 2.39 bits per heavy atom. The first-order valence-corrected chi connectivity index (χ1v) is 6.64. The highest BCUT2D eigenvalue weighted by atomic mass is 19.4. The molecule has 0 aromatic heterocycles. The first-order valence-electron chi connectivity index (χ1n) is 6.64. The fourth-order valence-electron chi connectivity index (χ4n) is 2.26. The molecule has 2 rings (SSSR count). The molecule has 9 heteroatoms. The van der Waals surface area contributed by atoms with E-state index in [0.717, 1.165) is 0 Å². The number of carboxylic acids is 1. The fraction of sp³-hybridized carbons (Fsp3) is 0.357. The van der Waals surface area contributed by atoms with Crippen molar-refractivity contribution in [2.45, 2.75) is 12.6 Å². The smallest absolute Gasteiger partial charge is 0.406 e. The lowest BCUT2D eigenvalue weighted by molar-refractivity contribution is -0.157. The maximum atomic E-state index is 12.3. The van der Waals surface area contributed by atoms with E-state index in [9.17, 15) is 27.6 Å². The quantitative estimate of drug-likeness (QED) is 0.880. The summed E-state index contributed by atoms with van der Waals surface area (Å²) in [7, 11) is 0. The molecule has 1 heterocycles. The highest BCUT2D eigenvalue weighted by Crippen LogP contribution is 2.24. The number of aromatic carboxylic acids is 1. The molecule has 1 aromatic carbocycles. The number of amides is 2. The molecule has 0 bridgehead atoms. The van der Waals surface area contributed by atoms with Gasteiger partial charge in [-0.15, -0.1) is 0 Å². The van der Waals surface area contributed by atoms with Crippen molar-refractivity contribution in [1.29, 1.82) is 0 Å². The first-order chi connectivity index (χ1) is 10.7. The summed E-state index contributed by atoms with van der Waals surface area (Å²) in [5.74, 6) is -3.29. The van der Waals surface area contributed by atoms with Crippen LogP contribution in [0.25, 0.3) is 0 Å². The van der Waals surface area contributed by atoms with Gasteiger partial charge < -0.3 is 15.3 Å². The van der Waals surface area contributed by atoms with Crippen LogP contribution in [0.1, 0.15) is 16.8 Å². The number of hydrogen-bond acceptors (Lipinski definition) is 3. The zero-order valence-electron chi connectivity index (χ0n) is 11.8. The van der Waals surface area contributed by atoms with Gasteiger partial charge in [-0.1, -0.05) is 0 Å². The molecule has 1 aliphatic rings. The van der Waals surface area contributed by atoms with E-state index in [1.54, 1.807) is 0 Å². The van der Waals surface area contributed by atoms with E-state index in [1.165, 1.54) is 24.3 Å². The number of alkyl halides is 3. The van der Waals surface area contributed by atoms with Crippen molar-refractivity contribution in [3.05, 3.63) is 29.8 Å². The minimum absolute atomic E-state index is 0.0374. The summed E-state index contributed by atoms with van der Waals surface area (Å²) in [6.07, 6.45) is -4.79. The zero-order chi connectivity index (χ0) is 17.2. The predicted octanol–water partition coefficient (Wildman–Crippen LogP) is 1.73. The van der Waals surface area contributed by atoms with Crippen LogP contribution in [0.4, 0.5) is 18.9 Å². The molecule has 124 valence electrons. The van der Waals surface area contributed by atoms with Crippen molar-refractivity contribution in [3.8, 4) is 0 Å². The molecule has 1 saturated heterocycles. The molecule has 2 N–H and O–H groups in total. The number of likely N-dealkylation sites (tertiary alicyclic amines) is 1. The Morgan fingerprint density at radius 2 is 1.87 bits per heavy atom. The highest BCUT2D eigenvalue weighted by Gasteiger charge is 2.40. The maximum Gasteiger partial charge on any atom is 0.406 e. The Bertz CT molecular complexity index is 628. The lowest BCUT2D eigenvalue weighted by atomic mass is 10.1. The van der Waals surface area contributed by atoms with Gasteiger partial charge in [0.15, 0.2) is 0 Å². The zero-order valence-corrected chi connectivity index (χ0v) is 11.8. The number of nitrogens with zero attached hydrogens (tertiary/aromatic N) is 1. The van der Waals surface area contributed by atoms with Gasteiger partial charge in [-0.25, -0.2) is 4.79 Å². The Kier molecular flexibility index (Phi) is 4.57. The third-order valence-corrected chi connectivity index (χ3v) is 3.35. The summed E-state index contributed by atoms with van der Waals surface area (Å²) in [6.45, 7) is -1.67. The standard InChI is InChI=1S/C14H13F3N2O4/c15-14(16,17)7-19-6-9(5-11(19)20)12(21)18-10-3-1-8(2-4-10)13(22)23/h1-4,9H,5-7H2,(H,18,21)(H,22,23). The fourth-order valence-corrected chi connectivity index (χ4v) is 2.26. The van der Waals surface area contributed by atoms with Gasteiger partial charge in [0.1, 0.15) is 6.54 Å². The van der Waals surface area contributed by atoms with Gasteiger partial charge in [0.05, 0.1) is 11.5 Å². The van der Waals surface area contributed by atoms with Crippen LogP contribution in [0.2, 0.25) is 0 Å². The summed E-state index contributed by atoms with van der Waals surface area (Å²) in [5, 5.41) is 11.2. The van der Waals surface area contributed by atoms with Gasteiger partial charge in [-0.3, -0.25) is 9.59 Å². The average Bonchev–Trinajstić information content (AvgIpc) is 2.79. The molecule has 1 unspecified atom stereocenters. The van der Waals surface area contributed by atoms with E-state index < -0.39 is 36.4 Å². The second kappa shape index (κ2) is 6.27. The molecule has 0 radical (unpaired) electrons. The Morgan fingerprint density at radius 1 is 1.26 bits per heavy atom. The monoisotopic (exact) mass is 330 g/mol. The van der Waals surface area contributed by atoms with Crippen molar-refractivity contribution >= 4 is 23.5 Å². The number of anilines is 1. The number of carboxylic acid groups (broad SMARTS) is 1. The third kappa shape index (κ3) is 4.44. The van der Waals surface area contributed by atoms with Crippen molar-refractivity contribution in [3.63, 3.8) is 0 Å². The van der Waals surface area contributed by atoms with Crippen LogP contribution in [0.15, 0.2) is 24.3 Å². The van der Waals surface area contributed by atoms with Crippen molar-refractivity contribution in [2.75, 3.05) is 18.4 Å². The number of halogens is 3. The number of hydrogen-bond donors (Lipinski definition) is 2. The number of rotatable bonds is 4. The highest BCUT2D eigenvalue weighted by molar-refractivity contribution is 5.97. The Hall–Kier alpha value is -2.58. The summed E-state index contributed by atoms with van der Waals surface area (Å²) >= 11 is 0. The van der Waals surface area contributed by atoms with Crippen LogP contribution < -0.4 is 5.32 Å². The molecule has 1 atom stereocenters. The van der Waals surface area contributed by atoms with Crippen LogP contribution in [-0.4, -0.2) is 47.1 Å². The van der Waals surface area contributed by atoms with Crippen LogP contribution in [0, 0.1) is 5.92 Å². The molecule has 1 fully saturated rings. The van der Waals surface area contributed by atoms with Crippen molar-refractivity contribution in [2.24, 2.45) is 5.92 Å². The number of carbonyl (C=O) groups excluding carboxylic acids is 2. The molecule has 1 aliphatic heterocycles. The number of carbonyl (C=O) groups is 3. The lowest BCUT2D eigenvalue weighted by Crippen LogP contribution is -2.36. The summed E-state index contributed by atoms with van der Waals surface area (Å²) in [4.78, 5) is 34.8. The van der Waals surface area contributed by atoms with E-state index in [4.69, 9.17) is 5.11 Å². The van der Waals surface area contributed by atoms with E-state index in [0.29, 0.717) is 10.6 Å². The molecule has 0 aliphatic carbocycles. The molecule has 0 saturated carbocycles. The van der Waals surface area contributed by atoms with Crippen molar-refractivity contribution in [1.82, 2.24) is 4.90 Å². The van der Waals surface area contributed by atoms with E-state index in [2.05, 4.69) is 5.32 Å². The minimum atomic E-state index is -4.51. The molecular weight excluding hydrogens is 317 g/mol. The van der Waals surface area contributed by atoms with E-state index in [-0.39, 0.29) is 18.5 Å². The van der Waals surface area contributed by atoms with Gasteiger partial charge in [-0.2, -0.15) is 13.2 Å². The molecule has 23 heavy (non-hydrogen) atoms. The van der Waals surface area contributed by atoms with Crippen LogP contribution in [0.5, 0.6) is 0 Å². The summed E-state index contributed by atoms with van der Waals surface area (Å²) in [6, 6.07) is 5.30. The summed E-state index contributed by atoms with van der Waals surface area (Å²) < 4.78 is 36.9. The number of benzene rings is 1. The van der Waals surface area contributed by atoms with Gasteiger partial charge >= 0.3 is 12.1 Å².